The monoisotopic (exact) mass is 506 g/mol. The van der Waals surface area contributed by atoms with E-state index in [9.17, 15) is 13.2 Å². The fourth-order valence-corrected chi connectivity index (χ4v) is 4.36. The van der Waals surface area contributed by atoms with Crippen molar-refractivity contribution in [2.45, 2.75) is 17.9 Å². The van der Waals surface area contributed by atoms with E-state index >= 15 is 0 Å². The Hall–Kier alpha value is -3.21. The number of aromatic nitrogens is 2. The number of hydrogen-bond acceptors (Lipinski definition) is 4. The summed E-state index contributed by atoms with van der Waals surface area (Å²) in [5.74, 6) is 6.28. The van der Waals surface area contributed by atoms with Crippen molar-refractivity contribution in [1.29, 1.82) is 0 Å². The molecule has 0 spiro atoms. The van der Waals surface area contributed by atoms with Gasteiger partial charge in [-0.2, -0.15) is 0 Å². The molecule has 0 N–H and O–H groups in total. The minimum atomic E-state index is -3.26. The van der Waals surface area contributed by atoms with Crippen LogP contribution < -0.4 is 5.56 Å². The molecule has 5 nitrogen and oxygen atoms in total. The standard InChI is InChI=1S/C25H19BrN2O3S/c1-32(30,31)22-11-8-20(9-12-22)16-28-17-27-24-13-10-19(15-23(24)25(28)29)5-2-4-18-6-3-7-21(26)14-18/h3,6-15,17H,4,16H2,1H3. The molecular weight excluding hydrogens is 488 g/mol. The number of hydrogen-bond donors (Lipinski definition) is 0. The summed E-state index contributed by atoms with van der Waals surface area (Å²) in [6.45, 7) is 0.296. The van der Waals surface area contributed by atoms with Gasteiger partial charge < -0.3 is 0 Å². The van der Waals surface area contributed by atoms with Crippen molar-refractivity contribution in [2.24, 2.45) is 0 Å². The van der Waals surface area contributed by atoms with Crippen LogP contribution in [0.15, 0.2) is 87.2 Å². The fraction of sp³-hybridized carbons (Fsp3) is 0.120. The van der Waals surface area contributed by atoms with E-state index in [-0.39, 0.29) is 10.5 Å². The molecule has 0 radical (unpaired) electrons. The zero-order chi connectivity index (χ0) is 22.7. The van der Waals surface area contributed by atoms with Crippen molar-refractivity contribution in [2.75, 3.05) is 6.26 Å². The predicted octanol–water partition coefficient (Wildman–Crippen LogP) is 4.21. The van der Waals surface area contributed by atoms with Gasteiger partial charge in [0.25, 0.3) is 5.56 Å². The van der Waals surface area contributed by atoms with E-state index in [2.05, 4.69) is 32.8 Å². The van der Waals surface area contributed by atoms with Crippen LogP contribution in [0.5, 0.6) is 0 Å². The second-order valence-electron chi connectivity index (χ2n) is 7.43. The highest BCUT2D eigenvalue weighted by Crippen LogP contribution is 2.14. The van der Waals surface area contributed by atoms with Gasteiger partial charge in [-0.3, -0.25) is 9.36 Å². The van der Waals surface area contributed by atoms with Gasteiger partial charge in [-0.05, 0) is 53.6 Å². The molecule has 32 heavy (non-hydrogen) atoms. The van der Waals surface area contributed by atoms with Crippen molar-refractivity contribution in [1.82, 2.24) is 9.55 Å². The molecule has 4 rings (SSSR count). The Morgan fingerprint density at radius 2 is 1.78 bits per heavy atom. The Labute approximate surface area is 194 Å². The maximum atomic E-state index is 13.0. The molecule has 0 aliphatic rings. The summed E-state index contributed by atoms with van der Waals surface area (Å²) in [4.78, 5) is 17.7. The molecule has 1 aromatic heterocycles. The number of fused-ring (bicyclic) bond motifs is 1. The summed E-state index contributed by atoms with van der Waals surface area (Å²) in [5, 5.41) is 0.495. The van der Waals surface area contributed by atoms with Gasteiger partial charge in [0.15, 0.2) is 9.84 Å². The van der Waals surface area contributed by atoms with Gasteiger partial charge in [-0.15, -0.1) is 0 Å². The first-order chi connectivity index (χ1) is 15.3. The Kier molecular flexibility index (Phi) is 6.26. The molecule has 0 bridgehead atoms. The van der Waals surface area contributed by atoms with Crippen molar-refractivity contribution in [3.63, 3.8) is 0 Å². The lowest BCUT2D eigenvalue weighted by molar-refractivity contribution is 0.602. The Bertz CT molecular complexity index is 1530. The zero-order valence-electron chi connectivity index (χ0n) is 17.2. The molecule has 4 aromatic rings. The molecule has 160 valence electrons. The van der Waals surface area contributed by atoms with Gasteiger partial charge in [0.1, 0.15) is 0 Å². The molecule has 0 saturated carbocycles. The van der Waals surface area contributed by atoms with E-state index in [0.717, 1.165) is 21.2 Å². The van der Waals surface area contributed by atoms with Crippen molar-refractivity contribution < 1.29 is 8.42 Å². The van der Waals surface area contributed by atoms with E-state index < -0.39 is 9.84 Å². The molecule has 0 unspecified atom stereocenters. The van der Waals surface area contributed by atoms with E-state index in [4.69, 9.17) is 0 Å². The van der Waals surface area contributed by atoms with Crippen LogP contribution in [-0.2, 0) is 22.8 Å². The molecule has 0 fully saturated rings. The molecule has 0 aliphatic carbocycles. The summed E-state index contributed by atoms with van der Waals surface area (Å²) >= 11 is 3.46. The normalized spacial score (nSPS) is 11.2. The number of rotatable bonds is 4. The quantitative estimate of drug-likeness (QED) is 0.389. The maximum Gasteiger partial charge on any atom is 0.261 e. The summed E-state index contributed by atoms with van der Waals surface area (Å²) in [6.07, 6.45) is 3.28. The Balaban J connectivity index is 1.59. The third-order valence-corrected chi connectivity index (χ3v) is 6.56. The summed E-state index contributed by atoms with van der Waals surface area (Å²) in [6, 6.07) is 19.9. The largest absolute Gasteiger partial charge is 0.294 e. The van der Waals surface area contributed by atoms with Crippen LogP contribution >= 0.6 is 15.9 Å². The molecule has 1 heterocycles. The highest BCUT2D eigenvalue weighted by Gasteiger charge is 2.08. The zero-order valence-corrected chi connectivity index (χ0v) is 19.7. The van der Waals surface area contributed by atoms with E-state index in [0.29, 0.717) is 23.9 Å². The fourth-order valence-electron chi connectivity index (χ4n) is 3.28. The second-order valence-corrected chi connectivity index (χ2v) is 10.4. The third kappa shape index (κ3) is 5.16. The number of benzene rings is 3. The minimum absolute atomic E-state index is 0.169. The average molecular weight is 507 g/mol. The number of halogens is 1. The second kappa shape index (κ2) is 9.11. The molecule has 0 atom stereocenters. The predicted molar refractivity (Wildman–Crippen MR) is 129 cm³/mol. The highest BCUT2D eigenvalue weighted by atomic mass is 79.9. The molecule has 7 heteroatoms. The Morgan fingerprint density at radius 1 is 1.00 bits per heavy atom. The highest BCUT2D eigenvalue weighted by molar-refractivity contribution is 9.10. The van der Waals surface area contributed by atoms with Gasteiger partial charge in [-0.25, -0.2) is 13.4 Å². The lowest BCUT2D eigenvalue weighted by Crippen LogP contribution is -2.21. The van der Waals surface area contributed by atoms with Crippen molar-refractivity contribution in [3.8, 4) is 11.8 Å². The molecule has 0 aliphatic heterocycles. The molecule has 0 amide bonds. The van der Waals surface area contributed by atoms with Gasteiger partial charge in [0.05, 0.1) is 28.7 Å². The lowest BCUT2D eigenvalue weighted by Gasteiger charge is -2.08. The summed E-state index contributed by atoms with van der Waals surface area (Å²) < 4.78 is 25.8. The third-order valence-electron chi connectivity index (χ3n) is 4.94. The maximum absolute atomic E-state index is 13.0. The SMILES string of the molecule is CS(=O)(=O)c1ccc(Cn2cnc3ccc(C#CCc4cccc(Br)c4)cc3c2=O)cc1. The van der Waals surface area contributed by atoms with Crippen molar-refractivity contribution >= 4 is 36.7 Å². The van der Waals surface area contributed by atoms with Gasteiger partial charge in [0, 0.05) is 22.7 Å². The van der Waals surface area contributed by atoms with E-state index in [1.807, 2.05) is 30.3 Å². The molecule has 0 saturated heterocycles. The van der Waals surface area contributed by atoms with E-state index in [1.54, 1.807) is 36.4 Å². The number of sulfone groups is 1. The minimum Gasteiger partial charge on any atom is -0.294 e. The van der Waals surface area contributed by atoms with Gasteiger partial charge in [-0.1, -0.05) is 52.0 Å². The average Bonchev–Trinajstić information content (AvgIpc) is 2.76. The van der Waals surface area contributed by atoms with Gasteiger partial charge >= 0.3 is 0 Å². The molecular formula is C25H19BrN2O3S. The van der Waals surface area contributed by atoms with Gasteiger partial charge in [0.2, 0.25) is 0 Å². The van der Waals surface area contributed by atoms with E-state index in [1.165, 1.54) is 17.2 Å². The first-order valence-electron chi connectivity index (χ1n) is 9.81. The van der Waals surface area contributed by atoms with Crippen LogP contribution in [0.25, 0.3) is 10.9 Å². The summed E-state index contributed by atoms with van der Waals surface area (Å²) in [5.41, 5.74) is 3.11. The van der Waals surface area contributed by atoms with Crippen LogP contribution in [0.4, 0.5) is 0 Å². The number of nitrogens with zero attached hydrogens (tertiary/aromatic N) is 2. The van der Waals surface area contributed by atoms with Crippen molar-refractivity contribution in [3.05, 3.63) is 105 Å². The van der Waals surface area contributed by atoms with Crippen LogP contribution in [0.3, 0.4) is 0 Å². The lowest BCUT2D eigenvalue weighted by atomic mass is 10.1. The van der Waals surface area contributed by atoms with Crippen LogP contribution in [0.2, 0.25) is 0 Å². The smallest absolute Gasteiger partial charge is 0.261 e. The van der Waals surface area contributed by atoms with Crippen LogP contribution in [-0.4, -0.2) is 24.2 Å². The first kappa shape index (κ1) is 22.0. The topological polar surface area (TPSA) is 69.0 Å². The Morgan fingerprint density at radius 3 is 2.50 bits per heavy atom. The molecule has 3 aromatic carbocycles. The van der Waals surface area contributed by atoms with Crippen LogP contribution in [0.1, 0.15) is 16.7 Å². The van der Waals surface area contributed by atoms with Crippen LogP contribution in [0, 0.1) is 11.8 Å². The first-order valence-corrected chi connectivity index (χ1v) is 12.5. The summed E-state index contributed by atoms with van der Waals surface area (Å²) in [7, 11) is -3.26.